The smallest absolute Gasteiger partial charge is 0.410 e. The third-order valence-corrected chi connectivity index (χ3v) is 7.13. The van der Waals surface area contributed by atoms with Crippen molar-refractivity contribution < 1.29 is 32.7 Å². The Hall–Kier alpha value is -4.74. The molecule has 4 rings (SSSR count). The predicted octanol–water partition coefficient (Wildman–Crippen LogP) is 3.76. The number of amides is 4. The van der Waals surface area contributed by atoms with Crippen LogP contribution in [-0.4, -0.2) is 71.0 Å². The Kier molecular flexibility index (Phi) is 10.0. The monoisotopic (exact) mass is 607 g/mol. The number of oxazole rings is 1. The van der Waals surface area contributed by atoms with Gasteiger partial charge in [0.15, 0.2) is 0 Å². The van der Waals surface area contributed by atoms with E-state index in [1.807, 2.05) is 30.3 Å². The van der Waals surface area contributed by atoms with Crippen LogP contribution in [0.3, 0.4) is 0 Å². The number of ether oxygens (including phenoxy) is 1. The maximum Gasteiger partial charge on any atom is 0.410 e. The summed E-state index contributed by atoms with van der Waals surface area (Å²) in [5, 5.41) is 8.39. The fourth-order valence-corrected chi connectivity index (χ4v) is 4.79. The summed E-state index contributed by atoms with van der Waals surface area (Å²) >= 11 is 0. The lowest BCUT2D eigenvalue weighted by Gasteiger charge is -2.41. The molecule has 0 spiro atoms. The van der Waals surface area contributed by atoms with Crippen LogP contribution in [0.5, 0.6) is 0 Å². The lowest BCUT2D eigenvalue weighted by molar-refractivity contribution is -0.135. The molecule has 44 heavy (non-hydrogen) atoms. The summed E-state index contributed by atoms with van der Waals surface area (Å²) in [4.78, 5) is 57.9. The third-order valence-electron chi connectivity index (χ3n) is 7.13. The van der Waals surface area contributed by atoms with E-state index >= 15 is 0 Å². The highest BCUT2D eigenvalue weighted by molar-refractivity contribution is 5.94. The van der Waals surface area contributed by atoms with Gasteiger partial charge >= 0.3 is 6.09 Å². The maximum atomic E-state index is 13.6. The molecule has 0 radical (unpaired) electrons. The van der Waals surface area contributed by atoms with Gasteiger partial charge in [-0.05, 0) is 76.9 Å². The first kappa shape index (κ1) is 32.2. The molecule has 2 aromatic carbocycles. The first-order chi connectivity index (χ1) is 20.8. The van der Waals surface area contributed by atoms with Crippen molar-refractivity contribution in [3.05, 3.63) is 77.4 Å². The summed E-state index contributed by atoms with van der Waals surface area (Å²) in [7, 11) is 0. The standard InChI is InChI=1S/C32H38FN5O6/c1-21-25(36-28(43-21)23-8-6-5-7-9-23)20-26(39)37-32(14-18-38(19-15-32)30(42)44-31(2,3)4)29(41)35-17-16-34-27(40)22-10-12-24(33)13-11-22/h5-13H,14-20H2,1-4H3,(H,34,40)(H,35,41)(H,37,39). The lowest BCUT2D eigenvalue weighted by atomic mass is 9.86. The highest BCUT2D eigenvalue weighted by Crippen LogP contribution is 2.26. The van der Waals surface area contributed by atoms with Crippen molar-refractivity contribution in [2.45, 2.75) is 58.1 Å². The molecule has 234 valence electrons. The van der Waals surface area contributed by atoms with Crippen molar-refractivity contribution in [3.8, 4) is 11.5 Å². The average molecular weight is 608 g/mol. The molecule has 4 amide bonds. The number of nitrogens with one attached hydrogen (secondary N) is 3. The first-order valence-corrected chi connectivity index (χ1v) is 14.5. The summed E-state index contributed by atoms with van der Waals surface area (Å²) in [6, 6.07) is 14.4. The molecule has 1 aliphatic rings. The van der Waals surface area contributed by atoms with Crippen LogP contribution in [0.25, 0.3) is 11.5 Å². The Balaban J connectivity index is 1.41. The number of benzene rings is 2. The number of rotatable bonds is 9. The van der Waals surface area contributed by atoms with Gasteiger partial charge in [0.1, 0.15) is 22.7 Å². The molecule has 3 N–H and O–H groups in total. The normalized spacial score (nSPS) is 14.4. The average Bonchev–Trinajstić information content (AvgIpc) is 3.34. The molecule has 3 aromatic rings. The highest BCUT2D eigenvalue weighted by Gasteiger charge is 2.44. The van der Waals surface area contributed by atoms with Crippen LogP contribution in [0.1, 0.15) is 55.4 Å². The van der Waals surface area contributed by atoms with Crippen molar-refractivity contribution in [2.24, 2.45) is 0 Å². The van der Waals surface area contributed by atoms with Gasteiger partial charge in [0.2, 0.25) is 17.7 Å². The minimum absolute atomic E-state index is 0.0853. The second kappa shape index (κ2) is 13.7. The van der Waals surface area contributed by atoms with Gasteiger partial charge in [0, 0.05) is 37.3 Å². The lowest BCUT2D eigenvalue weighted by Crippen LogP contribution is -2.64. The maximum absolute atomic E-state index is 13.6. The topological polar surface area (TPSA) is 143 Å². The van der Waals surface area contributed by atoms with E-state index in [9.17, 15) is 23.6 Å². The molecule has 1 fully saturated rings. The van der Waals surface area contributed by atoms with Crippen LogP contribution in [0, 0.1) is 12.7 Å². The van der Waals surface area contributed by atoms with Gasteiger partial charge < -0.3 is 30.0 Å². The van der Waals surface area contributed by atoms with Gasteiger partial charge in [0.25, 0.3) is 5.91 Å². The number of piperidine rings is 1. The Morgan fingerprint density at radius 2 is 1.61 bits per heavy atom. The molecule has 1 aromatic heterocycles. The Labute approximate surface area is 255 Å². The number of carbonyl (C=O) groups is 4. The summed E-state index contributed by atoms with van der Waals surface area (Å²) in [5.74, 6) is -0.833. The van der Waals surface area contributed by atoms with E-state index in [1.54, 1.807) is 27.7 Å². The van der Waals surface area contributed by atoms with E-state index in [4.69, 9.17) is 9.15 Å². The van der Waals surface area contributed by atoms with E-state index in [0.29, 0.717) is 17.3 Å². The SMILES string of the molecule is Cc1oc(-c2ccccc2)nc1CC(=O)NC1(C(=O)NCCNC(=O)c2ccc(F)cc2)CCN(C(=O)OC(C)(C)C)CC1. The van der Waals surface area contributed by atoms with Gasteiger partial charge in [-0.3, -0.25) is 14.4 Å². The molecule has 1 aliphatic heterocycles. The molecule has 2 heterocycles. The second-order valence-corrected chi connectivity index (χ2v) is 11.7. The molecule has 0 atom stereocenters. The number of nitrogens with zero attached hydrogens (tertiary/aromatic N) is 2. The number of carbonyl (C=O) groups excluding carboxylic acids is 4. The molecule has 0 bridgehead atoms. The van der Waals surface area contributed by atoms with E-state index in [-0.39, 0.29) is 51.0 Å². The molecular formula is C32H38FN5O6. The van der Waals surface area contributed by atoms with E-state index < -0.39 is 40.8 Å². The van der Waals surface area contributed by atoms with Crippen LogP contribution in [0.15, 0.2) is 59.0 Å². The van der Waals surface area contributed by atoms with Gasteiger partial charge in [-0.2, -0.15) is 0 Å². The van der Waals surface area contributed by atoms with Gasteiger partial charge in [-0.25, -0.2) is 14.2 Å². The van der Waals surface area contributed by atoms with E-state index in [1.165, 1.54) is 29.2 Å². The van der Waals surface area contributed by atoms with Gasteiger partial charge in [0.05, 0.1) is 12.1 Å². The summed E-state index contributed by atoms with van der Waals surface area (Å²) in [5.41, 5.74) is -0.472. The van der Waals surface area contributed by atoms with Crippen molar-refractivity contribution >= 4 is 23.8 Å². The number of halogens is 1. The Morgan fingerprint density at radius 3 is 2.25 bits per heavy atom. The van der Waals surface area contributed by atoms with Crippen LogP contribution < -0.4 is 16.0 Å². The summed E-state index contributed by atoms with van der Waals surface area (Å²) in [6.45, 7) is 7.61. The first-order valence-electron chi connectivity index (χ1n) is 14.5. The molecule has 0 saturated carbocycles. The van der Waals surface area contributed by atoms with Crippen LogP contribution in [0.4, 0.5) is 9.18 Å². The third kappa shape index (κ3) is 8.42. The van der Waals surface area contributed by atoms with Crippen molar-refractivity contribution in [1.82, 2.24) is 25.8 Å². The van der Waals surface area contributed by atoms with Crippen LogP contribution in [0.2, 0.25) is 0 Å². The minimum atomic E-state index is -1.31. The highest BCUT2D eigenvalue weighted by atomic mass is 19.1. The number of aromatic nitrogens is 1. The van der Waals surface area contributed by atoms with Gasteiger partial charge in [-0.1, -0.05) is 18.2 Å². The minimum Gasteiger partial charge on any atom is -0.444 e. The molecule has 0 unspecified atom stereocenters. The molecule has 11 nitrogen and oxygen atoms in total. The van der Waals surface area contributed by atoms with Crippen LogP contribution in [-0.2, 0) is 20.7 Å². The number of aryl methyl sites for hydroxylation is 1. The number of hydrogen-bond acceptors (Lipinski definition) is 7. The largest absolute Gasteiger partial charge is 0.444 e. The summed E-state index contributed by atoms with van der Waals surface area (Å²) in [6.07, 6.45) is -0.300. The second-order valence-electron chi connectivity index (χ2n) is 11.7. The van der Waals surface area contributed by atoms with Gasteiger partial charge in [-0.15, -0.1) is 0 Å². The van der Waals surface area contributed by atoms with E-state index in [2.05, 4.69) is 20.9 Å². The summed E-state index contributed by atoms with van der Waals surface area (Å²) < 4.78 is 24.4. The molecule has 0 aliphatic carbocycles. The van der Waals surface area contributed by atoms with Crippen molar-refractivity contribution in [3.63, 3.8) is 0 Å². The predicted molar refractivity (Wildman–Crippen MR) is 160 cm³/mol. The quantitative estimate of drug-likeness (QED) is 0.314. The molecular weight excluding hydrogens is 569 g/mol. The number of hydrogen-bond donors (Lipinski definition) is 3. The van der Waals surface area contributed by atoms with E-state index in [0.717, 1.165) is 5.56 Å². The zero-order valence-corrected chi connectivity index (χ0v) is 25.4. The van der Waals surface area contributed by atoms with Crippen molar-refractivity contribution in [1.29, 1.82) is 0 Å². The fraction of sp³-hybridized carbons (Fsp3) is 0.406. The number of likely N-dealkylation sites (tertiary alicyclic amines) is 1. The Morgan fingerprint density at radius 1 is 0.977 bits per heavy atom. The fourth-order valence-electron chi connectivity index (χ4n) is 4.79. The van der Waals surface area contributed by atoms with Crippen molar-refractivity contribution in [2.75, 3.05) is 26.2 Å². The zero-order valence-electron chi connectivity index (χ0n) is 25.4. The van der Waals surface area contributed by atoms with Crippen LogP contribution >= 0.6 is 0 Å². The Bertz CT molecular complexity index is 1470. The zero-order chi connectivity index (χ0) is 31.9. The molecule has 12 heteroatoms. The molecule has 1 saturated heterocycles.